The van der Waals surface area contributed by atoms with Crippen molar-refractivity contribution in [1.29, 1.82) is 0 Å². The highest BCUT2D eigenvalue weighted by atomic mass is 16.4. The van der Waals surface area contributed by atoms with E-state index in [2.05, 4.69) is 15.3 Å². The normalized spacial score (nSPS) is 22.9. The number of anilines is 1. The number of aromatic nitrogens is 2. The van der Waals surface area contributed by atoms with Crippen LogP contribution < -0.4 is 5.32 Å². The van der Waals surface area contributed by atoms with E-state index in [1.54, 1.807) is 0 Å². The highest BCUT2D eigenvalue weighted by Gasteiger charge is 2.24. The maximum absolute atomic E-state index is 11.4. The number of aliphatic hydroxyl groups excluding tert-OH is 1. The van der Waals surface area contributed by atoms with Crippen LogP contribution in [0.15, 0.2) is 6.20 Å². The van der Waals surface area contributed by atoms with Gasteiger partial charge in [0.25, 0.3) is 0 Å². The molecule has 0 bridgehead atoms. The van der Waals surface area contributed by atoms with Crippen molar-refractivity contribution in [2.45, 2.75) is 64.0 Å². The summed E-state index contributed by atoms with van der Waals surface area (Å²) in [5, 5.41) is 22.6. The number of carboxylic acids is 1. The molecule has 2 unspecified atom stereocenters. The molecule has 0 amide bonds. The molecule has 1 saturated carbocycles. The SMILES string of the molecule is CC(C)c1ncc(NC2CCCCCC2O)c(C(=O)O)n1. The Kier molecular flexibility index (Phi) is 5.12. The molecule has 1 aromatic rings. The van der Waals surface area contributed by atoms with Gasteiger partial charge in [-0.3, -0.25) is 0 Å². The zero-order valence-corrected chi connectivity index (χ0v) is 12.5. The third-order valence-corrected chi connectivity index (χ3v) is 3.85. The zero-order chi connectivity index (χ0) is 15.4. The van der Waals surface area contributed by atoms with Gasteiger partial charge in [0, 0.05) is 5.92 Å². The monoisotopic (exact) mass is 293 g/mol. The lowest BCUT2D eigenvalue weighted by Gasteiger charge is -2.23. The van der Waals surface area contributed by atoms with Crippen LogP contribution in [0.1, 0.15) is 68.2 Å². The molecule has 1 heterocycles. The van der Waals surface area contributed by atoms with Crippen molar-refractivity contribution >= 4 is 11.7 Å². The largest absolute Gasteiger partial charge is 0.476 e. The summed E-state index contributed by atoms with van der Waals surface area (Å²) >= 11 is 0. The fourth-order valence-corrected chi connectivity index (χ4v) is 2.60. The van der Waals surface area contributed by atoms with Gasteiger partial charge in [0.05, 0.1) is 24.0 Å². The summed E-state index contributed by atoms with van der Waals surface area (Å²) in [4.78, 5) is 19.7. The standard InChI is InChI=1S/C15H23N3O3/c1-9(2)14-16-8-11(13(18-14)15(20)21)17-10-6-4-3-5-7-12(10)19/h8-10,12,17,19H,3-7H2,1-2H3,(H,20,21). The molecule has 2 atom stereocenters. The number of nitrogens with zero attached hydrogens (tertiary/aromatic N) is 2. The number of carboxylic acid groups (broad SMARTS) is 1. The quantitative estimate of drug-likeness (QED) is 0.738. The second-order valence-corrected chi connectivity index (χ2v) is 5.91. The molecule has 21 heavy (non-hydrogen) atoms. The van der Waals surface area contributed by atoms with E-state index < -0.39 is 12.1 Å². The molecule has 2 rings (SSSR count). The van der Waals surface area contributed by atoms with Crippen LogP contribution in [0.4, 0.5) is 5.69 Å². The molecule has 0 spiro atoms. The van der Waals surface area contributed by atoms with Crippen LogP contribution in [0.3, 0.4) is 0 Å². The molecule has 1 aliphatic carbocycles. The second-order valence-electron chi connectivity index (χ2n) is 5.91. The lowest BCUT2D eigenvalue weighted by Crippen LogP contribution is -2.33. The van der Waals surface area contributed by atoms with E-state index in [9.17, 15) is 15.0 Å². The van der Waals surface area contributed by atoms with Gasteiger partial charge >= 0.3 is 5.97 Å². The lowest BCUT2D eigenvalue weighted by atomic mass is 10.1. The lowest BCUT2D eigenvalue weighted by molar-refractivity contribution is 0.0690. The first kappa shape index (κ1) is 15.7. The van der Waals surface area contributed by atoms with E-state index in [0.29, 0.717) is 11.5 Å². The van der Waals surface area contributed by atoms with Crippen molar-refractivity contribution in [2.24, 2.45) is 0 Å². The third kappa shape index (κ3) is 3.91. The topological polar surface area (TPSA) is 95.3 Å². The molecule has 0 radical (unpaired) electrons. The Morgan fingerprint density at radius 2 is 2.05 bits per heavy atom. The average molecular weight is 293 g/mol. The van der Waals surface area contributed by atoms with E-state index in [4.69, 9.17) is 0 Å². The highest BCUT2D eigenvalue weighted by molar-refractivity contribution is 5.91. The maximum atomic E-state index is 11.4. The van der Waals surface area contributed by atoms with Crippen molar-refractivity contribution in [1.82, 2.24) is 9.97 Å². The minimum atomic E-state index is -1.08. The summed E-state index contributed by atoms with van der Waals surface area (Å²) in [7, 11) is 0. The maximum Gasteiger partial charge on any atom is 0.356 e. The molecule has 6 heteroatoms. The fourth-order valence-electron chi connectivity index (χ4n) is 2.60. The highest BCUT2D eigenvalue weighted by Crippen LogP contribution is 2.23. The smallest absolute Gasteiger partial charge is 0.356 e. The van der Waals surface area contributed by atoms with Gasteiger partial charge in [-0.25, -0.2) is 14.8 Å². The van der Waals surface area contributed by atoms with Crippen molar-refractivity contribution in [3.63, 3.8) is 0 Å². The summed E-state index contributed by atoms with van der Waals surface area (Å²) in [5.41, 5.74) is 0.364. The molecule has 1 fully saturated rings. The predicted molar refractivity (Wildman–Crippen MR) is 79.6 cm³/mol. The van der Waals surface area contributed by atoms with Gasteiger partial charge in [-0.2, -0.15) is 0 Å². The minimum absolute atomic E-state index is 0.0230. The van der Waals surface area contributed by atoms with Crippen LogP contribution in [0.25, 0.3) is 0 Å². The van der Waals surface area contributed by atoms with Crippen molar-refractivity contribution in [2.75, 3.05) is 5.32 Å². The number of hydrogen-bond acceptors (Lipinski definition) is 5. The molecular formula is C15H23N3O3. The van der Waals surface area contributed by atoms with E-state index in [1.165, 1.54) is 6.20 Å². The molecular weight excluding hydrogens is 270 g/mol. The minimum Gasteiger partial charge on any atom is -0.476 e. The van der Waals surface area contributed by atoms with Crippen LogP contribution in [0.5, 0.6) is 0 Å². The summed E-state index contributed by atoms with van der Waals surface area (Å²) in [6, 6.07) is -0.140. The molecule has 116 valence electrons. The molecule has 0 aliphatic heterocycles. The van der Waals surface area contributed by atoms with Crippen LogP contribution in [0, 0.1) is 0 Å². The van der Waals surface area contributed by atoms with Crippen molar-refractivity contribution in [3.8, 4) is 0 Å². The number of rotatable bonds is 4. The average Bonchev–Trinajstić information content (AvgIpc) is 2.64. The Balaban J connectivity index is 2.24. The third-order valence-electron chi connectivity index (χ3n) is 3.85. The summed E-state index contributed by atoms with van der Waals surface area (Å²) in [5.74, 6) is -0.495. The number of aliphatic hydroxyl groups is 1. The predicted octanol–water partition coefficient (Wildman–Crippen LogP) is 2.40. The Labute approximate surface area is 124 Å². The molecule has 0 saturated heterocycles. The van der Waals surface area contributed by atoms with Gasteiger partial charge in [0.15, 0.2) is 5.69 Å². The van der Waals surface area contributed by atoms with Gasteiger partial charge in [-0.05, 0) is 12.8 Å². The van der Waals surface area contributed by atoms with E-state index in [-0.39, 0.29) is 17.7 Å². The molecule has 1 aromatic heterocycles. The van der Waals surface area contributed by atoms with Crippen molar-refractivity contribution in [3.05, 3.63) is 17.7 Å². The summed E-state index contributed by atoms with van der Waals surface area (Å²) in [6.07, 6.45) is 5.76. The van der Waals surface area contributed by atoms with Gasteiger partial charge in [-0.15, -0.1) is 0 Å². The van der Waals surface area contributed by atoms with Crippen LogP contribution >= 0.6 is 0 Å². The van der Waals surface area contributed by atoms with Crippen LogP contribution in [-0.4, -0.2) is 38.3 Å². The second kappa shape index (κ2) is 6.85. The first-order valence-electron chi connectivity index (χ1n) is 7.54. The number of carbonyl (C=O) groups is 1. The Morgan fingerprint density at radius 1 is 1.33 bits per heavy atom. The number of aromatic carboxylic acids is 1. The van der Waals surface area contributed by atoms with Crippen molar-refractivity contribution < 1.29 is 15.0 Å². The number of hydrogen-bond donors (Lipinski definition) is 3. The van der Waals surface area contributed by atoms with E-state index in [0.717, 1.165) is 32.1 Å². The first-order chi connectivity index (χ1) is 9.99. The first-order valence-corrected chi connectivity index (χ1v) is 7.54. The van der Waals surface area contributed by atoms with Gasteiger partial charge in [0.1, 0.15) is 5.82 Å². The zero-order valence-electron chi connectivity index (χ0n) is 12.5. The Bertz CT molecular complexity index is 505. The van der Waals surface area contributed by atoms with E-state index >= 15 is 0 Å². The van der Waals surface area contributed by atoms with Gasteiger partial charge < -0.3 is 15.5 Å². The summed E-state index contributed by atoms with van der Waals surface area (Å²) < 4.78 is 0. The van der Waals surface area contributed by atoms with Gasteiger partial charge in [0.2, 0.25) is 0 Å². The van der Waals surface area contributed by atoms with Crippen LogP contribution in [-0.2, 0) is 0 Å². The molecule has 1 aliphatic rings. The fraction of sp³-hybridized carbons (Fsp3) is 0.667. The Morgan fingerprint density at radius 3 is 2.71 bits per heavy atom. The Hall–Kier alpha value is -1.69. The van der Waals surface area contributed by atoms with E-state index in [1.807, 2.05) is 13.8 Å². The molecule has 0 aromatic carbocycles. The molecule has 6 nitrogen and oxygen atoms in total. The van der Waals surface area contributed by atoms with Crippen LogP contribution in [0.2, 0.25) is 0 Å². The van der Waals surface area contributed by atoms with Gasteiger partial charge in [-0.1, -0.05) is 33.1 Å². The number of nitrogens with one attached hydrogen (secondary N) is 1. The molecule has 3 N–H and O–H groups in total. The summed E-state index contributed by atoms with van der Waals surface area (Å²) in [6.45, 7) is 3.84.